The van der Waals surface area contributed by atoms with Crippen molar-refractivity contribution in [2.45, 2.75) is 38.1 Å². The molecule has 3 heterocycles. The lowest BCUT2D eigenvalue weighted by Gasteiger charge is -2.22. The Morgan fingerprint density at radius 2 is 2.00 bits per heavy atom. The second-order valence-corrected chi connectivity index (χ2v) is 8.33. The number of carbonyl (C=O) groups excluding carboxylic acids is 2. The molecule has 9 nitrogen and oxygen atoms in total. The summed E-state index contributed by atoms with van der Waals surface area (Å²) in [6, 6.07) is 10.2. The van der Waals surface area contributed by atoms with Gasteiger partial charge in [-0.25, -0.2) is 14.3 Å². The standard InChI is InChI=1S/C23H24F3N5O4/c1-14-9-19(23(24,25)26)31-20(27-14)10-17(29-31)16-7-8-30(11-16)21(33)18(12-32)28-22(34)35-13-15-5-3-2-4-6-15/h2-6,9-10,16,18,32H,7-8,11-13H2,1H3,(H,28,34)/t16-,18+/m0/s1. The number of likely N-dealkylation sites (tertiary alicyclic amines) is 1. The Morgan fingerprint density at radius 1 is 1.26 bits per heavy atom. The zero-order valence-electron chi connectivity index (χ0n) is 18.8. The Balaban J connectivity index is 1.40. The minimum Gasteiger partial charge on any atom is -0.445 e. The minimum absolute atomic E-state index is 0.00606. The Hall–Kier alpha value is -3.67. The molecule has 0 aliphatic carbocycles. The van der Waals surface area contributed by atoms with E-state index in [1.165, 1.54) is 17.9 Å². The van der Waals surface area contributed by atoms with Gasteiger partial charge in [0.1, 0.15) is 18.3 Å². The quantitative estimate of drug-likeness (QED) is 0.549. The summed E-state index contributed by atoms with van der Waals surface area (Å²) in [6.45, 7) is 1.33. The van der Waals surface area contributed by atoms with E-state index in [0.29, 0.717) is 18.7 Å². The fourth-order valence-corrected chi connectivity index (χ4v) is 4.03. The Morgan fingerprint density at radius 3 is 2.69 bits per heavy atom. The summed E-state index contributed by atoms with van der Waals surface area (Å²) in [5.74, 6) is -0.827. The van der Waals surface area contributed by atoms with Gasteiger partial charge in [-0.3, -0.25) is 4.79 Å². The molecule has 3 aromatic rings. The van der Waals surface area contributed by atoms with E-state index >= 15 is 0 Å². The third-order valence-electron chi connectivity index (χ3n) is 5.77. The molecule has 1 aliphatic heterocycles. The van der Waals surface area contributed by atoms with Gasteiger partial charge in [0.2, 0.25) is 5.91 Å². The molecule has 0 spiro atoms. The lowest BCUT2D eigenvalue weighted by atomic mass is 10.1. The molecule has 4 rings (SSSR count). The first-order chi connectivity index (χ1) is 16.7. The van der Waals surface area contributed by atoms with Crippen LogP contribution < -0.4 is 5.32 Å². The van der Waals surface area contributed by atoms with Gasteiger partial charge in [-0.05, 0) is 25.0 Å². The number of alkyl carbamates (subject to hydrolysis) is 1. The summed E-state index contributed by atoms with van der Waals surface area (Å²) in [4.78, 5) is 30.6. The first-order valence-electron chi connectivity index (χ1n) is 11.0. The molecule has 0 saturated carbocycles. The van der Waals surface area contributed by atoms with E-state index < -0.39 is 36.5 Å². The summed E-state index contributed by atoms with van der Waals surface area (Å²) in [5, 5.41) is 16.1. The highest BCUT2D eigenvalue weighted by molar-refractivity contribution is 5.86. The van der Waals surface area contributed by atoms with E-state index in [9.17, 15) is 27.9 Å². The van der Waals surface area contributed by atoms with Crippen LogP contribution in [0.15, 0.2) is 42.5 Å². The smallest absolute Gasteiger partial charge is 0.433 e. The largest absolute Gasteiger partial charge is 0.445 e. The molecule has 2 N–H and O–H groups in total. The van der Waals surface area contributed by atoms with Crippen molar-refractivity contribution in [1.82, 2.24) is 24.8 Å². The third-order valence-corrected chi connectivity index (χ3v) is 5.77. The van der Waals surface area contributed by atoms with Gasteiger partial charge < -0.3 is 20.1 Å². The Labute approximate surface area is 198 Å². The van der Waals surface area contributed by atoms with Gasteiger partial charge in [0.15, 0.2) is 5.65 Å². The number of aliphatic hydroxyl groups is 1. The molecular formula is C23H24F3N5O4. The SMILES string of the molecule is Cc1cc(C(F)(F)F)n2nc([C@H]3CCN(C(=O)[C@@H](CO)NC(=O)OCc4ccccc4)C3)cc2n1. The molecule has 2 atom stereocenters. The van der Waals surface area contributed by atoms with Crippen LogP contribution in [0.1, 0.15) is 35.0 Å². The number of benzene rings is 1. The summed E-state index contributed by atoms with van der Waals surface area (Å²) >= 11 is 0. The number of aromatic nitrogens is 3. The average molecular weight is 491 g/mol. The Bertz CT molecular complexity index is 1220. The summed E-state index contributed by atoms with van der Waals surface area (Å²) in [7, 11) is 0. The van der Waals surface area contributed by atoms with Crippen LogP contribution in [0.5, 0.6) is 0 Å². The van der Waals surface area contributed by atoms with Gasteiger partial charge in [0.05, 0.1) is 12.3 Å². The number of hydrogen-bond donors (Lipinski definition) is 2. The van der Waals surface area contributed by atoms with Crippen LogP contribution in [-0.4, -0.2) is 62.3 Å². The van der Waals surface area contributed by atoms with Gasteiger partial charge >= 0.3 is 12.3 Å². The first kappa shape index (κ1) is 24.5. The number of rotatable bonds is 6. The zero-order chi connectivity index (χ0) is 25.2. The number of aryl methyl sites for hydroxylation is 1. The van der Waals surface area contributed by atoms with E-state index in [-0.39, 0.29) is 30.4 Å². The summed E-state index contributed by atoms with van der Waals surface area (Å²) in [5.41, 5.74) is 0.529. The fourth-order valence-electron chi connectivity index (χ4n) is 4.03. The first-order valence-corrected chi connectivity index (χ1v) is 11.0. The average Bonchev–Trinajstić information content (AvgIpc) is 3.47. The molecule has 1 aliphatic rings. The maximum absolute atomic E-state index is 13.4. The number of halogens is 3. The van der Waals surface area contributed by atoms with Crippen LogP contribution in [0, 0.1) is 6.92 Å². The number of alkyl halides is 3. The summed E-state index contributed by atoms with van der Waals surface area (Å²) in [6.07, 6.45) is -4.98. The molecule has 2 aromatic heterocycles. The highest BCUT2D eigenvalue weighted by Gasteiger charge is 2.37. The van der Waals surface area contributed by atoms with E-state index in [2.05, 4.69) is 15.4 Å². The number of nitrogens with zero attached hydrogens (tertiary/aromatic N) is 4. The lowest BCUT2D eigenvalue weighted by molar-refractivity contribution is -0.142. The molecule has 1 saturated heterocycles. The highest BCUT2D eigenvalue weighted by Crippen LogP contribution is 2.32. The van der Waals surface area contributed by atoms with Crippen molar-refractivity contribution < 1.29 is 32.6 Å². The topological polar surface area (TPSA) is 109 Å². The second-order valence-electron chi connectivity index (χ2n) is 8.33. The van der Waals surface area contributed by atoms with Crippen molar-refractivity contribution in [3.05, 3.63) is 65.1 Å². The van der Waals surface area contributed by atoms with Gasteiger partial charge in [0.25, 0.3) is 0 Å². The number of carbonyl (C=O) groups is 2. The molecule has 12 heteroatoms. The van der Waals surface area contributed by atoms with Crippen LogP contribution >= 0.6 is 0 Å². The van der Waals surface area contributed by atoms with Crippen molar-refractivity contribution in [2.24, 2.45) is 0 Å². The normalized spacial score (nSPS) is 16.9. The molecule has 0 radical (unpaired) electrons. The van der Waals surface area contributed by atoms with Crippen LogP contribution in [-0.2, 0) is 22.3 Å². The van der Waals surface area contributed by atoms with Gasteiger partial charge in [-0.2, -0.15) is 18.3 Å². The number of fused-ring (bicyclic) bond motifs is 1. The van der Waals surface area contributed by atoms with E-state index in [1.807, 2.05) is 6.07 Å². The van der Waals surface area contributed by atoms with Crippen molar-refractivity contribution in [2.75, 3.05) is 19.7 Å². The van der Waals surface area contributed by atoms with E-state index in [0.717, 1.165) is 16.1 Å². The van der Waals surface area contributed by atoms with Crippen LogP contribution in [0.25, 0.3) is 5.65 Å². The molecule has 186 valence electrons. The Kier molecular flexibility index (Phi) is 6.92. The summed E-state index contributed by atoms with van der Waals surface area (Å²) < 4.78 is 46.2. The van der Waals surface area contributed by atoms with Gasteiger partial charge in [-0.15, -0.1) is 0 Å². The number of aliphatic hydroxyl groups excluding tert-OH is 1. The van der Waals surface area contributed by atoms with Crippen LogP contribution in [0.4, 0.5) is 18.0 Å². The van der Waals surface area contributed by atoms with E-state index in [1.54, 1.807) is 24.3 Å². The minimum atomic E-state index is -4.60. The van der Waals surface area contributed by atoms with Crippen molar-refractivity contribution in [3.63, 3.8) is 0 Å². The lowest BCUT2D eigenvalue weighted by Crippen LogP contribution is -2.50. The zero-order valence-corrected chi connectivity index (χ0v) is 18.8. The number of hydrogen-bond acceptors (Lipinski definition) is 6. The maximum Gasteiger partial charge on any atom is 0.433 e. The molecular weight excluding hydrogens is 467 g/mol. The predicted molar refractivity (Wildman–Crippen MR) is 117 cm³/mol. The third kappa shape index (κ3) is 5.53. The van der Waals surface area contributed by atoms with E-state index in [4.69, 9.17) is 4.74 Å². The number of nitrogens with one attached hydrogen (secondary N) is 1. The van der Waals surface area contributed by atoms with Gasteiger partial charge in [-0.1, -0.05) is 30.3 Å². The number of amides is 2. The van der Waals surface area contributed by atoms with Crippen molar-refractivity contribution >= 4 is 17.6 Å². The van der Waals surface area contributed by atoms with Crippen molar-refractivity contribution in [1.29, 1.82) is 0 Å². The highest BCUT2D eigenvalue weighted by atomic mass is 19.4. The maximum atomic E-state index is 13.4. The fraction of sp³-hybridized carbons (Fsp3) is 0.391. The molecule has 1 fully saturated rings. The number of ether oxygens (including phenoxy) is 1. The predicted octanol–water partition coefficient (Wildman–Crippen LogP) is 2.66. The molecule has 2 amide bonds. The molecule has 1 aromatic carbocycles. The molecule has 0 bridgehead atoms. The van der Waals surface area contributed by atoms with Crippen LogP contribution in [0.2, 0.25) is 0 Å². The second kappa shape index (κ2) is 9.90. The monoisotopic (exact) mass is 491 g/mol. The van der Waals surface area contributed by atoms with Gasteiger partial charge in [0, 0.05) is 30.8 Å². The molecule has 35 heavy (non-hydrogen) atoms. The molecule has 0 unspecified atom stereocenters. The van der Waals surface area contributed by atoms with Crippen molar-refractivity contribution in [3.8, 4) is 0 Å². The van der Waals surface area contributed by atoms with Crippen LogP contribution in [0.3, 0.4) is 0 Å².